The number of hydrogen-bond donors (Lipinski definition) is 1. The molecule has 3 nitrogen and oxygen atoms in total. The lowest BCUT2D eigenvalue weighted by Gasteiger charge is -2.10. The highest BCUT2D eigenvalue weighted by Crippen LogP contribution is 2.24. The van der Waals surface area contributed by atoms with Crippen LogP contribution in [0.2, 0.25) is 0 Å². The van der Waals surface area contributed by atoms with Crippen molar-refractivity contribution in [1.29, 1.82) is 5.41 Å². The number of alkyl halides is 3. The molecule has 0 saturated heterocycles. The van der Waals surface area contributed by atoms with E-state index >= 15 is 0 Å². The summed E-state index contributed by atoms with van der Waals surface area (Å²) in [5, 5.41) is 7.80. The van der Waals surface area contributed by atoms with Crippen LogP contribution in [0.15, 0.2) is 30.5 Å². The third-order valence-electron chi connectivity index (χ3n) is 2.40. The normalized spacial score (nSPS) is 11.6. The van der Waals surface area contributed by atoms with Crippen molar-refractivity contribution >= 4 is 11.3 Å². The van der Waals surface area contributed by atoms with Crippen molar-refractivity contribution in [2.45, 2.75) is 19.7 Å². The Morgan fingerprint density at radius 1 is 1.37 bits per heavy atom. The second kappa shape index (κ2) is 5.08. The molecule has 102 valence electrons. The van der Waals surface area contributed by atoms with Gasteiger partial charge in [0.2, 0.25) is 0 Å². The second-order valence-electron chi connectivity index (χ2n) is 3.77. The molecule has 0 fully saturated rings. The highest BCUT2D eigenvalue weighted by atomic mass is 32.1. The zero-order valence-corrected chi connectivity index (χ0v) is 10.8. The fourth-order valence-electron chi connectivity index (χ4n) is 1.59. The molecule has 0 saturated carbocycles. The van der Waals surface area contributed by atoms with Crippen LogP contribution in [0.3, 0.4) is 0 Å². The van der Waals surface area contributed by atoms with E-state index in [9.17, 15) is 13.2 Å². The Bertz CT molecular complexity index is 630. The third-order valence-corrected chi connectivity index (χ3v) is 3.44. The van der Waals surface area contributed by atoms with Crippen molar-refractivity contribution in [2.75, 3.05) is 0 Å². The first-order chi connectivity index (χ1) is 8.89. The number of thiazole rings is 1. The first kappa shape index (κ1) is 13.7. The average Bonchev–Trinajstić information content (AvgIpc) is 2.69. The summed E-state index contributed by atoms with van der Waals surface area (Å²) >= 11 is 1.29. The van der Waals surface area contributed by atoms with Crippen molar-refractivity contribution in [2.24, 2.45) is 0 Å². The molecular formula is C12H11F3N2OS. The van der Waals surface area contributed by atoms with Crippen LogP contribution < -0.4 is 9.54 Å². The summed E-state index contributed by atoms with van der Waals surface area (Å²) in [6.07, 6.45) is -2.18. The Balaban J connectivity index is 2.37. The lowest BCUT2D eigenvalue weighted by Crippen LogP contribution is -2.17. The summed E-state index contributed by atoms with van der Waals surface area (Å²) in [7, 11) is 0. The lowest BCUT2D eigenvalue weighted by atomic mass is 10.3. The molecule has 0 spiro atoms. The van der Waals surface area contributed by atoms with Gasteiger partial charge in [0.1, 0.15) is 5.75 Å². The number of nitrogens with one attached hydrogen (secondary N) is 1. The Morgan fingerprint density at radius 3 is 2.68 bits per heavy atom. The smallest absolute Gasteiger partial charge is 0.406 e. The lowest BCUT2D eigenvalue weighted by molar-refractivity contribution is -0.274. The van der Waals surface area contributed by atoms with E-state index in [0.29, 0.717) is 5.69 Å². The summed E-state index contributed by atoms with van der Waals surface area (Å²) in [5.41, 5.74) is 0.475. The minimum Gasteiger partial charge on any atom is -0.406 e. The maximum atomic E-state index is 12.1. The Morgan fingerprint density at radius 2 is 2.11 bits per heavy atom. The van der Waals surface area contributed by atoms with Crippen LogP contribution in [0.1, 0.15) is 11.8 Å². The molecule has 7 heteroatoms. The zero-order chi connectivity index (χ0) is 14.0. The van der Waals surface area contributed by atoms with E-state index in [0.717, 1.165) is 11.3 Å². The van der Waals surface area contributed by atoms with Crippen molar-refractivity contribution in [3.63, 3.8) is 0 Å². The summed E-state index contributed by atoms with van der Waals surface area (Å²) in [5.74, 6) is -0.291. The predicted molar refractivity (Wildman–Crippen MR) is 65.6 cm³/mol. The van der Waals surface area contributed by atoms with Gasteiger partial charge in [-0.25, -0.2) is 0 Å². The first-order valence-corrected chi connectivity index (χ1v) is 6.33. The molecule has 2 rings (SSSR count). The van der Waals surface area contributed by atoms with Gasteiger partial charge in [0.25, 0.3) is 0 Å². The van der Waals surface area contributed by atoms with E-state index in [4.69, 9.17) is 5.41 Å². The molecule has 0 unspecified atom stereocenters. The van der Waals surface area contributed by atoms with Gasteiger partial charge < -0.3 is 4.74 Å². The quantitative estimate of drug-likeness (QED) is 0.922. The van der Waals surface area contributed by atoms with Crippen LogP contribution >= 0.6 is 11.3 Å². The Labute approximate surface area is 111 Å². The van der Waals surface area contributed by atoms with Gasteiger partial charge in [0, 0.05) is 17.1 Å². The number of ether oxygens (including phenoxy) is 1. The van der Waals surface area contributed by atoms with E-state index in [-0.39, 0.29) is 10.6 Å². The monoisotopic (exact) mass is 288 g/mol. The van der Waals surface area contributed by atoms with Gasteiger partial charge in [0.15, 0.2) is 4.80 Å². The fraction of sp³-hybridized carbons (Fsp3) is 0.250. The van der Waals surface area contributed by atoms with E-state index < -0.39 is 6.36 Å². The minimum absolute atomic E-state index is 0.265. The van der Waals surface area contributed by atoms with Gasteiger partial charge >= 0.3 is 6.36 Å². The van der Waals surface area contributed by atoms with Crippen molar-refractivity contribution in [3.05, 3.63) is 40.1 Å². The minimum atomic E-state index is -4.71. The van der Waals surface area contributed by atoms with Crippen molar-refractivity contribution in [1.82, 2.24) is 4.57 Å². The number of halogens is 3. The summed E-state index contributed by atoms with van der Waals surface area (Å²) in [6, 6.07) is 5.59. The van der Waals surface area contributed by atoms with E-state index in [1.165, 1.54) is 34.1 Å². The van der Waals surface area contributed by atoms with Crippen molar-refractivity contribution in [3.8, 4) is 11.4 Å². The Hall–Kier alpha value is -1.76. The molecule has 0 bridgehead atoms. The molecule has 2 aromatic rings. The molecule has 1 N–H and O–H groups in total. The van der Waals surface area contributed by atoms with Crippen LogP contribution in [0, 0.1) is 5.41 Å². The largest absolute Gasteiger partial charge is 0.573 e. The molecule has 19 heavy (non-hydrogen) atoms. The molecule has 0 amide bonds. The number of benzene rings is 1. The van der Waals surface area contributed by atoms with E-state index in [2.05, 4.69) is 4.74 Å². The van der Waals surface area contributed by atoms with Gasteiger partial charge in [-0.2, -0.15) is 0 Å². The molecule has 1 aromatic carbocycles. The molecule has 1 heterocycles. The number of aryl methyl sites for hydroxylation is 1. The standard InChI is InChI=1S/C12H11F3N2OS/c1-2-10-7-17(11(16)19-10)8-4-3-5-9(6-8)18-12(13,14)15/h3-7,16H,2H2,1H3. The molecular weight excluding hydrogens is 277 g/mol. The maximum Gasteiger partial charge on any atom is 0.573 e. The number of rotatable bonds is 3. The molecule has 0 aliphatic heterocycles. The molecule has 0 radical (unpaired) electrons. The second-order valence-corrected chi connectivity index (χ2v) is 4.89. The average molecular weight is 288 g/mol. The maximum absolute atomic E-state index is 12.1. The van der Waals surface area contributed by atoms with Gasteiger partial charge in [-0.3, -0.25) is 9.98 Å². The molecule has 1 aromatic heterocycles. The van der Waals surface area contributed by atoms with Gasteiger partial charge in [-0.15, -0.1) is 24.5 Å². The molecule has 0 aliphatic carbocycles. The van der Waals surface area contributed by atoms with Crippen LogP contribution in [-0.4, -0.2) is 10.9 Å². The molecule has 0 aliphatic rings. The number of hydrogen-bond acceptors (Lipinski definition) is 3. The Kier molecular flexibility index (Phi) is 3.66. The number of nitrogens with zero attached hydrogens (tertiary/aromatic N) is 1. The fourth-order valence-corrected chi connectivity index (χ4v) is 2.40. The summed E-state index contributed by atoms with van der Waals surface area (Å²) in [4.78, 5) is 1.26. The van der Waals surface area contributed by atoms with Crippen LogP contribution in [0.5, 0.6) is 5.75 Å². The van der Waals surface area contributed by atoms with E-state index in [1.54, 1.807) is 12.3 Å². The zero-order valence-electron chi connectivity index (χ0n) is 9.99. The topological polar surface area (TPSA) is 38.0 Å². The van der Waals surface area contributed by atoms with Crippen LogP contribution in [0.4, 0.5) is 13.2 Å². The van der Waals surface area contributed by atoms with Gasteiger partial charge in [-0.05, 0) is 18.6 Å². The van der Waals surface area contributed by atoms with Gasteiger partial charge in [0.05, 0.1) is 5.69 Å². The predicted octanol–water partition coefficient (Wildman–Crippen LogP) is 3.48. The van der Waals surface area contributed by atoms with Gasteiger partial charge in [-0.1, -0.05) is 13.0 Å². The first-order valence-electron chi connectivity index (χ1n) is 5.51. The highest BCUT2D eigenvalue weighted by Gasteiger charge is 2.31. The molecule has 0 atom stereocenters. The third kappa shape index (κ3) is 3.37. The SMILES string of the molecule is CCc1cn(-c2cccc(OC(F)(F)F)c2)c(=N)s1. The van der Waals surface area contributed by atoms with Crippen LogP contribution in [0.25, 0.3) is 5.69 Å². The van der Waals surface area contributed by atoms with Crippen molar-refractivity contribution < 1.29 is 17.9 Å². The summed E-state index contributed by atoms with van der Waals surface area (Å²) in [6.45, 7) is 1.96. The van der Waals surface area contributed by atoms with Crippen LogP contribution in [-0.2, 0) is 6.42 Å². The van der Waals surface area contributed by atoms with E-state index in [1.807, 2.05) is 6.92 Å². The highest BCUT2D eigenvalue weighted by molar-refractivity contribution is 7.09. The summed E-state index contributed by atoms with van der Waals surface area (Å²) < 4.78 is 41.8. The number of aromatic nitrogens is 1.